The van der Waals surface area contributed by atoms with Gasteiger partial charge in [0.05, 0.1) is 20.8 Å². The molecule has 0 aliphatic heterocycles. The highest BCUT2D eigenvalue weighted by Crippen LogP contribution is 2.26. The number of carbonyl (C=O) groups excluding carboxylic acids is 2. The molecule has 1 N–H and O–H groups in total. The second-order valence-electron chi connectivity index (χ2n) is 9.21. The molecule has 7 nitrogen and oxygen atoms in total. The second kappa shape index (κ2) is 13.1. The molecule has 0 aliphatic carbocycles. The van der Waals surface area contributed by atoms with E-state index in [2.05, 4.69) is 5.32 Å². The third kappa shape index (κ3) is 8.21. The van der Waals surface area contributed by atoms with E-state index in [1.165, 1.54) is 31.3 Å². The average Bonchev–Trinajstić information content (AvgIpc) is 3.27. The summed E-state index contributed by atoms with van der Waals surface area (Å²) >= 11 is 1.58. The van der Waals surface area contributed by atoms with Crippen LogP contribution in [-0.2, 0) is 17.9 Å². The number of amides is 3. The van der Waals surface area contributed by atoms with Gasteiger partial charge in [-0.15, -0.1) is 11.3 Å². The molecule has 9 heteroatoms. The molecule has 37 heavy (non-hydrogen) atoms. The van der Waals surface area contributed by atoms with Crippen molar-refractivity contribution in [3.63, 3.8) is 0 Å². The van der Waals surface area contributed by atoms with Gasteiger partial charge in [-0.1, -0.05) is 26.0 Å². The Balaban J connectivity index is 1.81. The van der Waals surface area contributed by atoms with Gasteiger partial charge in [0.25, 0.3) is 0 Å². The summed E-state index contributed by atoms with van der Waals surface area (Å²) in [5, 5.41) is 4.86. The lowest BCUT2D eigenvalue weighted by Gasteiger charge is -2.29. The zero-order valence-corrected chi connectivity index (χ0v) is 22.7. The Morgan fingerprint density at radius 2 is 1.62 bits per heavy atom. The topological polar surface area (TPSA) is 71.1 Å². The molecule has 0 unspecified atom stereocenters. The summed E-state index contributed by atoms with van der Waals surface area (Å²) in [5.74, 6) is 0.695. The van der Waals surface area contributed by atoms with Crippen molar-refractivity contribution < 1.29 is 23.5 Å². The van der Waals surface area contributed by atoms with Gasteiger partial charge in [-0.2, -0.15) is 0 Å². The number of carbonyl (C=O) groups is 2. The van der Waals surface area contributed by atoms with Crippen molar-refractivity contribution in [2.24, 2.45) is 5.92 Å². The first kappa shape index (κ1) is 28.0. The Labute approximate surface area is 221 Å². The minimum Gasteiger partial charge on any atom is -0.497 e. The predicted octanol–water partition coefficient (Wildman–Crippen LogP) is 5.93. The van der Waals surface area contributed by atoms with Crippen molar-refractivity contribution in [3.8, 4) is 11.5 Å². The van der Waals surface area contributed by atoms with Gasteiger partial charge in [0.15, 0.2) is 0 Å². The van der Waals surface area contributed by atoms with Gasteiger partial charge in [-0.05, 0) is 47.5 Å². The van der Waals surface area contributed by atoms with Gasteiger partial charge < -0.3 is 24.6 Å². The van der Waals surface area contributed by atoms with Crippen molar-refractivity contribution in [2.45, 2.75) is 33.9 Å². The van der Waals surface area contributed by atoms with Crippen LogP contribution < -0.4 is 14.8 Å². The van der Waals surface area contributed by atoms with E-state index >= 15 is 0 Å². The number of rotatable bonds is 11. The van der Waals surface area contributed by atoms with Crippen LogP contribution in [0.15, 0.2) is 53.9 Å². The molecular weight excluding hydrogens is 493 g/mol. The maximum atomic E-state index is 13.6. The smallest absolute Gasteiger partial charge is 0.322 e. The van der Waals surface area contributed by atoms with Crippen LogP contribution in [0.1, 0.15) is 29.9 Å². The van der Waals surface area contributed by atoms with Gasteiger partial charge >= 0.3 is 6.03 Å². The van der Waals surface area contributed by atoms with Crippen molar-refractivity contribution in [1.82, 2.24) is 9.80 Å². The van der Waals surface area contributed by atoms with Crippen LogP contribution in [0.25, 0.3) is 0 Å². The maximum Gasteiger partial charge on any atom is 0.322 e. The fourth-order valence-corrected chi connectivity index (χ4v) is 4.71. The number of nitrogens with one attached hydrogen (secondary N) is 1. The highest BCUT2D eigenvalue weighted by Gasteiger charge is 2.24. The van der Waals surface area contributed by atoms with Crippen molar-refractivity contribution in [1.29, 1.82) is 0 Å². The highest BCUT2D eigenvalue weighted by molar-refractivity contribution is 7.10. The maximum absolute atomic E-state index is 13.6. The molecule has 2 aromatic carbocycles. The zero-order valence-electron chi connectivity index (χ0n) is 21.9. The van der Waals surface area contributed by atoms with E-state index in [0.29, 0.717) is 36.8 Å². The molecule has 198 valence electrons. The third-order valence-corrected chi connectivity index (χ3v) is 6.75. The van der Waals surface area contributed by atoms with Gasteiger partial charge in [-0.25, -0.2) is 9.18 Å². The van der Waals surface area contributed by atoms with E-state index < -0.39 is 6.03 Å². The number of hydrogen-bond donors (Lipinski definition) is 1. The summed E-state index contributed by atoms with van der Waals surface area (Å²) in [5.41, 5.74) is 2.41. The summed E-state index contributed by atoms with van der Waals surface area (Å²) in [7, 11) is 3.07. The van der Waals surface area contributed by atoms with Crippen LogP contribution in [0.4, 0.5) is 14.9 Å². The first-order chi connectivity index (χ1) is 17.7. The van der Waals surface area contributed by atoms with Crippen LogP contribution in [0, 0.1) is 18.7 Å². The molecule has 3 rings (SSSR count). The SMILES string of the molecule is COc1cc(NC(=O)N(CC(=O)N(Cc2ccc(F)cc2)Cc2sccc2C)CC(C)C)cc(OC)c1. The van der Waals surface area contributed by atoms with Crippen LogP contribution in [-0.4, -0.2) is 49.0 Å². The number of anilines is 1. The molecule has 0 radical (unpaired) electrons. The Bertz CT molecular complexity index is 1170. The largest absolute Gasteiger partial charge is 0.497 e. The molecule has 1 heterocycles. The molecule has 1 aromatic heterocycles. The van der Waals surface area contributed by atoms with Gasteiger partial charge in [0.2, 0.25) is 5.91 Å². The molecule has 0 spiro atoms. The molecule has 3 aromatic rings. The Hall–Kier alpha value is -3.59. The van der Waals surface area contributed by atoms with Gasteiger partial charge in [-0.3, -0.25) is 4.79 Å². The molecule has 0 saturated carbocycles. The molecule has 0 fully saturated rings. The molecule has 0 saturated heterocycles. The summed E-state index contributed by atoms with van der Waals surface area (Å²) in [6, 6.07) is 12.8. The van der Waals surface area contributed by atoms with Crippen LogP contribution in [0.3, 0.4) is 0 Å². The number of aryl methyl sites for hydroxylation is 1. The van der Waals surface area contributed by atoms with E-state index in [1.54, 1.807) is 46.6 Å². The second-order valence-corrected chi connectivity index (χ2v) is 10.2. The van der Waals surface area contributed by atoms with Gasteiger partial charge in [0, 0.05) is 41.9 Å². The summed E-state index contributed by atoms with van der Waals surface area (Å²) < 4.78 is 24.0. The Morgan fingerprint density at radius 1 is 0.973 bits per heavy atom. The lowest BCUT2D eigenvalue weighted by atomic mass is 10.2. The zero-order chi connectivity index (χ0) is 26.9. The van der Waals surface area contributed by atoms with E-state index in [4.69, 9.17) is 9.47 Å². The summed E-state index contributed by atoms with van der Waals surface area (Å²) in [4.78, 5) is 31.2. The Kier molecular flexibility index (Phi) is 9.91. The molecular formula is C28H34FN3O4S. The van der Waals surface area contributed by atoms with Crippen LogP contribution >= 0.6 is 11.3 Å². The standard InChI is InChI=1S/C28H34FN3O4S/c1-19(2)15-32(28(34)30-23-12-24(35-4)14-25(13-23)36-5)18-27(33)31(17-26-20(3)10-11-37-26)16-21-6-8-22(29)9-7-21/h6-14,19H,15-18H2,1-5H3,(H,30,34). The first-order valence-corrected chi connectivity index (χ1v) is 12.9. The molecule has 0 aliphatic rings. The number of nitrogens with zero attached hydrogens (tertiary/aromatic N) is 2. The number of methoxy groups -OCH3 is 2. The quantitative estimate of drug-likeness (QED) is 0.335. The lowest BCUT2D eigenvalue weighted by molar-refractivity contribution is -0.133. The van der Waals surface area contributed by atoms with E-state index in [0.717, 1.165) is 16.0 Å². The minimum absolute atomic E-state index is 0.100. The monoisotopic (exact) mass is 527 g/mol. The predicted molar refractivity (Wildman–Crippen MR) is 145 cm³/mol. The number of halogens is 1. The fourth-order valence-electron chi connectivity index (χ4n) is 3.79. The molecule has 0 bridgehead atoms. The molecule has 3 amide bonds. The Morgan fingerprint density at radius 3 is 2.16 bits per heavy atom. The third-order valence-electron chi connectivity index (χ3n) is 5.74. The van der Waals surface area contributed by atoms with Crippen LogP contribution in [0.5, 0.6) is 11.5 Å². The van der Waals surface area contributed by atoms with E-state index in [9.17, 15) is 14.0 Å². The van der Waals surface area contributed by atoms with Crippen LogP contribution in [0.2, 0.25) is 0 Å². The number of hydrogen-bond acceptors (Lipinski definition) is 5. The van der Waals surface area contributed by atoms with E-state index in [1.807, 2.05) is 32.2 Å². The highest BCUT2D eigenvalue weighted by atomic mass is 32.1. The van der Waals surface area contributed by atoms with Crippen molar-refractivity contribution >= 4 is 29.0 Å². The molecule has 0 atom stereocenters. The number of benzene rings is 2. The van der Waals surface area contributed by atoms with E-state index in [-0.39, 0.29) is 24.2 Å². The summed E-state index contributed by atoms with van der Waals surface area (Å²) in [6.07, 6.45) is 0. The average molecular weight is 528 g/mol. The fraction of sp³-hybridized carbons (Fsp3) is 0.357. The van der Waals surface area contributed by atoms with Crippen molar-refractivity contribution in [2.75, 3.05) is 32.6 Å². The van der Waals surface area contributed by atoms with Gasteiger partial charge in [0.1, 0.15) is 23.9 Å². The summed E-state index contributed by atoms with van der Waals surface area (Å²) in [6.45, 7) is 6.99. The number of ether oxygens (including phenoxy) is 2. The minimum atomic E-state index is -0.397. The lowest BCUT2D eigenvalue weighted by Crippen LogP contribution is -2.45. The normalized spacial score (nSPS) is 10.8. The number of thiophene rings is 1. The van der Waals surface area contributed by atoms with Crippen molar-refractivity contribution in [3.05, 3.63) is 75.7 Å². The first-order valence-electron chi connectivity index (χ1n) is 12.0. The number of urea groups is 1.